The average Bonchev–Trinajstić information content (AvgIpc) is 2.68. The molecular weight excluding hydrogens is 150 g/mol. The summed E-state index contributed by atoms with van der Waals surface area (Å²) in [6.07, 6.45) is 0. The molecule has 2 rings (SSSR count). The molecule has 12 heavy (non-hydrogen) atoms. The van der Waals surface area contributed by atoms with Gasteiger partial charge in [-0.2, -0.15) is 0 Å². The van der Waals surface area contributed by atoms with Gasteiger partial charge in [-0.25, -0.2) is 9.97 Å². The van der Waals surface area contributed by atoms with Gasteiger partial charge in [0.25, 0.3) is 0 Å². The van der Waals surface area contributed by atoms with E-state index in [1.54, 1.807) is 0 Å². The molecule has 64 valence electrons. The van der Waals surface area contributed by atoms with Crippen LogP contribution in [0.1, 0.15) is 17.2 Å². The molecule has 0 spiro atoms. The molecular formula is C9H13N3. The van der Waals surface area contributed by atoms with Crippen molar-refractivity contribution < 1.29 is 0 Å². The van der Waals surface area contributed by atoms with Crippen LogP contribution in [-0.4, -0.2) is 23.1 Å². The van der Waals surface area contributed by atoms with Gasteiger partial charge in [0.15, 0.2) is 0 Å². The molecule has 0 saturated carbocycles. The fourth-order valence-corrected chi connectivity index (χ4v) is 1.61. The molecule has 0 unspecified atom stereocenters. The van der Waals surface area contributed by atoms with Crippen molar-refractivity contribution in [3.63, 3.8) is 0 Å². The standard InChI is InChI=1S/C9H13N3/c1-6-9(12-4-5-12)7(2)11-8(3)10-6/h4-5H2,1-3H3. The summed E-state index contributed by atoms with van der Waals surface area (Å²) in [6, 6.07) is 0. The van der Waals surface area contributed by atoms with Crippen molar-refractivity contribution in [2.75, 3.05) is 18.0 Å². The van der Waals surface area contributed by atoms with E-state index >= 15 is 0 Å². The molecule has 1 aromatic heterocycles. The topological polar surface area (TPSA) is 28.8 Å². The van der Waals surface area contributed by atoms with Gasteiger partial charge in [0.2, 0.25) is 0 Å². The molecule has 0 atom stereocenters. The van der Waals surface area contributed by atoms with E-state index in [9.17, 15) is 0 Å². The Morgan fingerprint density at radius 2 is 1.50 bits per heavy atom. The maximum Gasteiger partial charge on any atom is 0.125 e. The molecule has 0 aliphatic carbocycles. The zero-order chi connectivity index (χ0) is 8.72. The second-order valence-electron chi connectivity index (χ2n) is 3.28. The molecule has 0 aromatic carbocycles. The summed E-state index contributed by atoms with van der Waals surface area (Å²) in [4.78, 5) is 11.0. The lowest BCUT2D eigenvalue weighted by atomic mass is 10.3. The first kappa shape index (κ1) is 7.53. The van der Waals surface area contributed by atoms with E-state index in [0.29, 0.717) is 0 Å². The van der Waals surface area contributed by atoms with Gasteiger partial charge in [-0.05, 0) is 20.8 Å². The van der Waals surface area contributed by atoms with E-state index in [4.69, 9.17) is 0 Å². The third kappa shape index (κ3) is 1.15. The molecule has 1 fully saturated rings. The Morgan fingerprint density at radius 3 is 1.92 bits per heavy atom. The molecule has 0 N–H and O–H groups in total. The van der Waals surface area contributed by atoms with Crippen LogP contribution in [-0.2, 0) is 0 Å². The van der Waals surface area contributed by atoms with Crippen molar-refractivity contribution in [2.24, 2.45) is 0 Å². The van der Waals surface area contributed by atoms with Gasteiger partial charge in [-0.3, -0.25) is 0 Å². The molecule has 0 radical (unpaired) electrons. The Hall–Kier alpha value is -1.12. The Bertz CT molecular complexity index is 293. The van der Waals surface area contributed by atoms with Crippen molar-refractivity contribution in [1.82, 2.24) is 9.97 Å². The van der Waals surface area contributed by atoms with Crippen molar-refractivity contribution in [1.29, 1.82) is 0 Å². The molecule has 0 amide bonds. The minimum Gasteiger partial charge on any atom is -0.365 e. The predicted molar refractivity (Wildman–Crippen MR) is 48.5 cm³/mol. The molecule has 3 nitrogen and oxygen atoms in total. The lowest BCUT2D eigenvalue weighted by Crippen LogP contribution is -2.03. The molecule has 0 bridgehead atoms. The third-order valence-electron chi connectivity index (χ3n) is 2.11. The highest BCUT2D eigenvalue weighted by molar-refractivity contribution is 5.58. The Morgan fingerprint density at radius 1 is 1.00 bits per heavy atom. The minimum atomic E-state index is 0.871. The minimum absolute atomic E-state index is 0.871. The van der Waals surface area contributed by atoms with Gasteiger partial charge in [0, 0.05) is 13.1 Å². The summed E-state index contributed by atoms with van der Waals surface area (Å²) in [5.74, 6) is 0.871. The summed E-state index contributed by atoms with van der Waals surface area (Å²) >= 11 is 0. The van der Waals surface area contributed by atoms with Gasteiger partial charge in [-0.1, -0.05) is 0 Å². The Labute approximate surface area is 72.4 Å². The lowest BCUT2D eigenvalue weighted by molar-refractivity contribution is 0.969. The van der Waals surface area contributed by atoms with Crippen LogP contribution in [0.15, 0.2) is 0 Å². The quantitative estimate of drug-likeness (QED) is 0.583. The summed E-state index contributed by atoms with van der Waals surface area (Å²) in [6.45, 7) is 8.36. The van der Waals surface area contributed by atoms with Crippen molar-refractivity contribution >= 4 is 5.69 Å². The van der Waals surface area contributed by atoms with E-state index in [1.807, 2.05) is 6.92 Å². The van der Waals surface area contributed by atoms with Crippen molar-refractivity contribution in [3.8, 4) is 0 Å². The first-order valence-electron chi connectivity index (χ1n) is 4.25. The average molecular weight is 163 g/mol. The largest absolute Gasteiger partial charge is 0.365 e. The SMILES string of the molecule is Cc1nc(C)c(N2CC2)c(C)n1. The van der Waals surface area contributed by atoms with Crippen molar-refractivity contribution in [2.45, 2.75) is 20.8 Å². The molecule has 3 heteroatoms. The van der Waals surface area contributed by atoms with Gasteiger partial charge in [0.05, 0.1) is 17.1 Å². The Kier molecular flexibility index (Phi) is 1.53. The number of aromatic nitrogens is 2. The fraction of sp³-hybridized carbons (Fsp3) is 0.556. The first-order valence-corrected chi connectivity index (χ1v) is 4.25. The molecule has 1 aromatic rings. The highest BCUT2D eigenvalue weighted by atomic mass is 15.3. The van der Waals surface area contributed by atoms with Gasteiger partial charge in [-0.15, -0.1) is 0 Å². The number of rotatable bonds is 1. The van der Waals surface area contributed by atoms with Crippen LogP contribution in [0.3, 0.4) is 0 Å². The van der Waals surface area contributed by atoms with Crippen LogP contribution in [0, 0.1) is 20.8 Å². The Balaban J connectivity index is 2.51. The highest BCUT2D eigenvalue weighted by Gasteiger charge is 2.23. The van der Waals surface area contributed by atoms with Gasteiger partial charge < -0.3 is 4.90 Å². The summed E-state index contributed by atoms with van der Waals surface area (Å²) in [5.41, 5.74) is 3.45. The molecule has 2 heterocycles. The highest BCUT2D eigenvalue weighted by Crippen LogP contribution is 2.26. The van der Waals surface area contributed by atoms with E-state index in [0.717, 1.165) is 30.3 Å². The summed E-state index contributed by atoms with van der Waals surface area (Å²) in [5, 5.41) is 0. The first-order chi connectivity index (χ1) is 5.68. The fourth-order valence-electron chi connectivity index (χ4n) is 1.61. The smallest absolute Gasteiger partial charge is 0.125 e. The predicted octanol–water partition coefficient (Wildman–Crippen LogP) is 1.22. The van der Waals surface area contributed by atoms with Crippen LogP contribution >= 0.6 is 0 Å². The normalized spacial score (nSPS) is 15.1. The van der Waals surface area contributed by atoms with Crippen molar-refractivity contribution in [3.05, 3.63) is 17.2 Å². The zero-order valence-corrected chi connectivity index (χ0v) is 7.76. The van der Waals surface area contributed by atoms with Crippen LogP contribution in [0.25, 0.3) is 0 Å². The van der Waals surface area contributed by atoms with Crippen LogP contribution < -0.4 is 4.90 Å². The number of anilines is 1. The number of nitrogens with zero attached hydrogens (tertiary/aromatic N) is 3. The number of hydrogen-bond donors (Lipinski definition) is 0. The maximum absolute atomic E-state index is 4.34. The van der Waals surface area contributed by atoms with Gasteiger partial charge >= 0.3 is 0 Å². The monoisotopic (exact) mass is 163 g/mol. The molecule has 1 aliphatic heterocycles. The number of hydrogen-bond acceptors (Lipinski definition) is 3. The summed E-state index contributed by atoms with van der Waals surface area (Å²) < 4.78 is 0. The lowest BCUT2D eigenvalue weighted by Gasteiger charge is -2.09. The van der Waals surface area contributed by atoms with Crippen LogP contribution in [0.5, 0.6) is 0 Å². The van der Waals surface area contributed by atoms with Gasteiger partial charge in [0.1, 0.15) is 5.82 Å². The summed E-state index contributed by atoms with van der Waals surface area (Å²) in [7, 11) is 0. The zero-order valence-electron chi connectivity index (χ0n) is 7.76. The third-order valence-corrected chi connectivity index (χ3v) is 2.11. The van der Waals surface area contributed by atoms with Crippen LogP contribution in [0.2, 0.25) is 0 Å². The maximum atomic E-state index is 4.34. The van der Waals surface area contributed by atoms with E-state index in [-0.39, 0.29) is 0 Å². The van der Waals surface area contributed by atoms with E-state index in [2.05, 4.69) is 28.7 Å². The number of aryl methyl sites for hydroxylation is 3. The second-order valence-corrected chi connectivity index (χ2v) is 3.28. The van der Waals surface area contributed by atoms with E-state index < -0.39 is 0 Å². The van der Waals surface area contributed by atoms with E-state index in [1.165, 1.54) is 5.69 Å². The molecule has 1 saturated heterocycles. The second kappa shape index (κ2) is 2.44. The molecule has 1 aliphatic rings. The van der Waals surface area contributed by atoms with Crippen LogP contribution in [0.4, 0.5) is 5.69 Å².